The molecular formula is C19H26N2O4. The molecule has 2 N–H and O–H groups in total. The van der Waals surface area contributed by atoms with Crippen molar-refractivity contribution in [1.82, 2.24) is 10.2 Å². The monoisotopic (exact) mass is 346 g/mol. The molecule has 1 fully saturated rings. The van der Waals surface area contributed by atoms with E-state index in [1.165, 1.54) is 51.8 Å². The van der Waals surface area contributed by atoms with Crippen LogP contribution in [0, 0.1) is 0 Å². The highest BCUT2D eigenvalue weighted by Gasteiger charge is 2.32. The highest BCUT2D eigenvalue weighted by Crippen LogP contribution is 2.32. The summed E-state index contributed by atoms with van der Waals surface area (Å²) in [4.78, 5) is 37.5. The van der Waals surface area contributed by atoms with Crippen LogP contribution in [0.5, 0.6) is 0 Å². The second kappa shape index (κ2) is 8.76. The molecule has 0 bridgehead atoms. The zero-order valence-electron chi connectivity index (χ0n) is 14.8. The van der Waals surface area contributed by atoms with Gasteiger partial charge < -0.3 is 15.3 Å². The SMILES string of the molecule is CNC(=O)C(C(=O)CO)N(C)C(=O)c1ccc(C2CCCCC2)cc1. The van der Waals surface area contributed by atoms with Crippen LogP contribution in [0.4, 0.5) is 0 Å². The third-order valence-electron chi connectivity index (χ3n) is 4.90. The first kappa shape index (κ1) is 19.1. The number of rotatable bonds is 6. The van der Waals surface area contributed by atoms with E-state index < -0.39 is 30.2 Å². The lowest BCUT2D eigenvalue weighted by molar-refractivity contribution is -0.135. The molecule has 0 spiro atoms. The predicted octanol–water partition coefficient (Wildman–Crippen LogP) is 1.48. The van der Waals surface area contributed by atoms with E-state index in [0.717, 1.165) is 4.90 Å². The molecule has 1 aromatic rings. The molecule has 6 heteroatoms. The molecule has 0 aromatic heterocycles. The first-order valence-electron chi connectivity index (χ1n) is 8.72. The van der Waals surface area contributed by atoms with Gasteiger partial charge in [-0.25, -0.2) is 0 Å². The second-order valence-electron chi connectivity index (χ2n) is 6.51. The summed E-state index contributed by atoms with van der Waals surface area (Å²) in [6.45, 7) is -0.795. The number of hydrogen-bond acceptors (Lipinski definition) is 4. The number of carbonyl (C=O) groups excluding carboxylic acids is 3. The zero-order chi connectivity index (χ0) is 18.4. The van der Waals surface area contributed by atoms with E-state index in [9.17, 15) is 14.4 Å². The van der Waals surface area contributed by atoms with Gasteiger partial charge in [0, 0.05) is 19.7 Å². The van der Waals surface area contributed by atoms with Gasteiger partial charge in [0.15, 0.2) is 11.8 Å². The number of aliphatic hydroxyl groups is 1. The molecule has 2 amide bonds. The highest BCUT2D eigenvalue weighted by molar-refractivity contribution is 6.10. The molecule has 25 heavy (non-hydrogen) atoms. The Labute approximate surface area is 148 Å². The van der Waals surface area contributed by atoms with Gasteiger partial charge in [-0.15, -0.1) is 0 Å². The van der Waals surface area contributed by atoms with Crippen LogP contribution in [0.2, 0.25) is 0 Å². The minimum absolute atomic E-state index is 0.418. The van der Waals surface area contributed by atoms with E-state index in [1.54, 1.807) is 12.1 Å². The molecular weight excluding hydrogens is 320 g/mol. The minimum atomic E-state index is -1.33. The van der Waals surface area contributed by atoms with Crippen molar-refractivity contribution in [2.24, 2.45) is 0 Å². The van der Waals surface area contributed by atoms with Gasteiger partial charge in [0.25, 0.3) is 5.91 Å². The molecule has 136 valence electrons. The summed E-state index contributed by atoms with van der Waals surface area (Å²) in [5, 5.41) is 11.4. The first-order chi connectivity index (χ1) is 12.0. The predicted molar refractivity (Wildman–Crippen MR) is 94.3 cm³/mol. The number of aliphatic hydroxyl groups excluding tert-OH is 1. The Hall–Kier alpha value is -2.21. The first-order valence-corrected chi connectivity index (χ1v) is 8.72. The lowest BCUT2D eigenvalue weighted by Gasteiger charge is -2.26. The van der Waals surface area contributed by atoms with Crippen LogP contribution in [-0.4, -0.2) is 54.3 Å². The maximum Gasteiger partial charge on any atom is 0.254 e. The lowest BCUT2D eigenvalue weighted by atomic mass is 9.84. The molecule has 1 saturated carbocycles. The topological polar surface area (TPSA) is 86.7 Å². The number of nitrogens with one attached hydrogen (secondary N) is 1. The number of amides is 2. The number of carbonyl (C=O) groups is 3. The minimum Gasteiger partial charge on any atom is -0.388 e. The Kier molecular flexibility index (Phi) is 6.70. The van der Waals surface area contributed by atoms with E-state index in [0.29, 0.717) is 11.5 Å². The van der Waals surface area contributed by atoms with E-state index in [-0.39, 0.29) is 0 Å². The molecule has 0 radical (unpaired) electrons. The Balaban J connectivity index is 2.14. The maximum absolute atomic E-state index is 12.6. The van der Waals surface area contributed by atoms with E-state index in [2.05, 4.69) is 5.32 Å². The molecule has 1 atom stereocenters. The fourth-order valence-corrected chi connectivity index (χ4v) is 3.42. The van der Waals surface area contributed by atoms with E-state index in [1.807, 2.05) is 12.1 Å². The number of likely N-dealkylation sites (N-methyl/N-ethyl adjacent to an activating group) is 2. The summed E-state index contributed by atoms with van der Waals surface area (Å²) < 4.78 is 0. The third kappa shape index (κ3) is 4.45. The van der Waals surface area contributed by atoms with Crippen LogP contribution in [-0.2, 0) is 9.59 Å². The summed E-state index contributed by atoms with van der Waals surface area (Å²) in [6, 6.07) is 6.07. The Morgan fingerprint density at radius 2 is 1.76 bits per heavy atom. The van der Waals surface area contributed by atoms with E-state index >= 15 is 0 Å². The van der Waals surface area contributed by atoms with Gasteiger partial charge in [-0.1, -0.05) is 31.4 Å². The van der Waals surface area contributed by atoms with Crippen molar-refractivity contribution in [3.8, 4) is 0 Å². The van der Waals surface area contributed by atoms with Crippen molar-refractivity contribution in [3.63, 3.8) is 0 Å². The summed E-state index contributed by atoms with van der Waals surface area (Å²) in [5.74, 6) is -1.21. The van der Waals surface area contributed by atoms with Gasteiger partial charge in [0.05, 0.1) is 0 Å². The Morgan fingerprint density at radius 3 is 2.28 bits per heavy atom. The van der Waals surface area contributed by atoms with Crippen LogP contribution < -0.4 is 5.32 Å². The molecule has 2 rings (SSSR count). The molecule has 6 nitrogen and oxygen atoms in total. The molecule has 0 heterocycles. The average Bonchev–Trinajstić information content (AvgIpc) is 2.67. The van der Waals surface area contributed by atoms with Crippen molar-refractivity contribution in [1.29, 1.82) is 0 Å². The van der Waals surface area contributed by atoms with Crippen molar-refractivity contribution in [3.05, 3.63) is 35.4 Å². The largest absolute Gasteiger partial charge is 0.388 e. The summed E-state index contributed by atoms with van der Waals surface area (Å²) in [6.07, 6.45) is 6.13. The molecule has 0 aliphatic heterocycles. The molecule has 1 aliphatic carbocycles. The van der Waals surface area contributed by atoms with Crippen LogP contribution in [0.1, 0.15) is 53.9 Å². The molecule has 1 aliphatic rings. The maximum atomic E-state index is 12.6. The summed E-state index contributed by atoms with van der Waals surface area (Å²) >= 11 is 0. The lowest BCUT2D eigenvalue weighted by Crippen LogP contribution is -2.52. The fraction of sp³-hybridized carbons (Fsp3) is 0.526. The fourth-order valence-electron chi connectivity index (χ4n) is 3.42. The average molecular weight is 346 g/mol. The van der Waals surface area contributed by atoms with Gasteiger partial charge >= 0.3 is 0 Å². The molecule has 0 saturated heterocycles. The van der Waals surface area contributed by atoms with E-state index in [4.69, 9.17) is 5.11 Å². The number of Topliss-reactive ketones (excluding diaryl/α,β-unsaturated/α-hetero) is 1. The summed E-state index contributed by atoms with van der Waals surface area (Å²) in [7, 11) is 2.78. The van der Waals surface area contributed by atoms with Gasteiger partial charge in [-0.05, 0) is 36.5 Å². The van der Waals surface area contributed by atoms with Gasteiger partial charge in [0.1, 0.15) is 6.61 Å². The van der Waals surface area contributed by atoms with Crippen LogP contribution in [0.15, 0.2) is 24.3 Å². The molecule has 1 aromatic carbocycles. The number of hydrogen-bond donors (Lipinski definition) is 2. The molecule has 1 unspecified atom stereocenters. The van der Waals surface area contributed by atoms with Gasteiger partial charge in [-0.3, -0.25) is 14.4 Å². The van der Waals surface area contributed by atoms with Crippen LogP contribution >= 0.6 is 0 Å². The van der Waals surface area contributed by atoms with Crippen LogP contribution in [0.25, 0.3) is 0 Å². The Bertz CT molecular complexity index is 605. The standard InChI is InChI=1S/C19H26N2O4/c1-20-18(24)17(16(23)12-22)21(2)19(25)15-10-8-14(9-11-15)13-6-4-3-5-7-13/h8-11,13,17,22H,3-7,12H2,1-2H3,(H,20,24). The Morgan fingerprint density at radius 1 is 1.16 bits per heavy atom. The number of benzene rings is 1. The number of nitrogens with zero attached hydrogens (tertiary/aromatic N) is 1. The smallest absolute Gasteiger partial charge is 0.254 e. The quantitative estimate of drug-likeness (QED) is 0.764. The van der Waals surface area contributed by atoms with Gasteiger partial charge in [-0.2, -0.15) is 0 Å². The van der Waals surface area contributed by atoms with Crippen LogP contribution in [0.3, 0.4) is 0 Å². The summed E-state index contributed by atoms with van der Waals surface area (Å²) in [5.41, 5.74) is 1.65. The van der Waals surface area contributed by atoms with Crippen molar-refractivity contribution in [2.75, 3.05) is 20.7 Å². The second-order valence-corrected chi connectivity index (χ2v) is 6.51. The highest BCUT2D eigenvalue weighted by atomic mass is 16.3. The van der Waals surface area contributed by atoms with Crippen molar-refractivity contribution < 1.29 is 19.5 Å². The normalized spacial score (nSPS) is 16.1. The third-order valence-corrected chi connectivity index (χ3v) is 4.90. The van der Waals surface area contributed by atoms with Gasteiger partial charge in [0.2, 0.25) is 5.91 Å². The van der Waals surface area contributed by atoms with Crippen molar-refractivity contribution in [2.45, 2.75) is 44.1 Å². The zero-order valence-corrected chi connectivity index (χ0v) is 14.8. The van der Waals surface area contributed by atoms with Crippen molar-refractivity contribution >= 4 is 17.6 Å². The number of ketones is 1.